The quantitative estimate of drug-likeness (QED) is 0.648. The second-order valence-corrected chi connectivity index (χ2v) is 4.80. The number of aromatic amines is 1. The largest absolute Gasteiger partial charge is 0.481 e. The minimum atomic E-state index is -0.774. The number of carbonyl (C=O) groups is 2. The minimum absolute atomic E-state index is 0.0587. The second-order valence-electron chi connectivity index (χ2n) is 4.80. The number of urea groups is 1. The number of hydrogen-bond acceptors (Lipinski definition) is 3. The number of aromatic nitrogens is 2. The van der Waals surface area contributed by atoms with E-state index in [-0.39, 0.29) is 18.0 Å². The first-order valence-corrected chi connectivity index (χ1v) is 6.39. The van der Waals surface area contributed by atoms with Gasteiger partial charge in [-0.15, -0.1) is 0 Å². The van der Waals surface area contributed by atoms with Gasteiger partial charge in [0.1, 0.15) is 0 Å². The Kier molecular flexibility index (Phi) is 4.38. The molecule has 2 unspecified atom stereocenters. The summed E-state index contributed by atoms with van der Waals surface area (Å²) in [5, 5.41) is 14.5. The molecule has 2 amide bonds. The molecule has 4 N–H and O–H groups in total. The highest BCUT2D eigenvalue weighted by Gasteiger charge is 2.27. The van der Waals surface area contributed by atoms with E-state index in [1.807, 2.05) is 0 Å². The van der Waals surface area contributed by atoms with Gasteiger partial charge >= 0.3 is 12.0 Å². The van der Waals surface area contributed by atoms with Gasteiger partial charge in [-0.05, 0) is 19.3 Å². The van der Waals surface area contributed by atoms with Crippen LogP contribution < -0.4 is 10.6 Å². The van der Waals surface area contributed by atoms with Gasteiger partial charge in [0, 0.05) is 12.2 Å². The fourth-order valence-corrected chi connectivity index (χ4v) is 2.34. The molecular formula is C12H18N4O3. The Bertz CT molecular complexity index is 432. The predicted octanol–water partition coefficient (Wildman–Crippen LogP) is 0.852. The van der Waals surface area contributed by atoms with E-state index < -0.39 is 5.97 Å². The molecule has 0 bridgehead atoms. The number of nitrogens with one attached hydrogen (secondary N) is 3. The molecule has 0 aromatic carbocycles. The Morgan fingerprint density at radius 3 is 3.00 bits per heavy atom. The SMILES string of the molecule is O=C(NCc1cnc[nH]1)NC1CCCC(C(=O)O)C1. The molecule has 2 atom stereocenters. The summed E-state index contributed by atoms with van der Waals surface area (Å²) in [6, 6.07) is -0.331. The molecule has 1 aromatic rings. The lowest BCUT2D eigenvalue weighted by atomic mass is 9.86. The van der Waals surface area contributed by atoms with E-state index in [9.17, 15) is 9.59 Å². The van der Waals surface area contributed by atoms with Crippen LogP contribution in [0.4, 0.5) is 4.79 Å². The molecule has 1 aromatic heterocycles. The maximum absolute atomic E-state index is 11.7. The summed E-state index contributed by atoms with van der Waals surface area (Å²) >= 11 is 0. The molecule has 104 valence electrons. The molecule has 1 heterocycles. The Labute approximate surface area is 110 Å². The van der Waals surface area contributed by atoms with Gasteiger partial charge in [0.2, 0.25) is 0 Å². The van der Waals surface area contributed by atoms with Crippen molar-refractivity contribution in [2.75, 3.05) is 0 Å². The molecule has 1 aliphatic carbocycles. The van der Waals surface area contributed by atoms with Gasteiger partial charge in [-0.3, -0.25) is 4.79 Å². The number of rotatable bonds is 4. The summed E-state index contributed by atoms with van der Waals surface area (Å²) in [5.74, 6) is -1.11. The molecule has 19 heavy (non-hydrogen) atoms. The Morgan fingerprint density at radius 2 is 2.32 bits per heavy atom. The summed E-state index contributed by atoms with van der Waals surface area (Å²) in [5.41, 5.74) is 0.821. The van der Waals surface area contributed by atoms with Crippen molar-refractivity contribution in [3.05, 3.63) is 18.2 Å². The third-order valence-corrected chi connectivity index (χ3v) is 3.35. The molecule has 1 saturated carbocycles. The van der Waals surface area contributed by atoms with Crippen LogP contribution in [-0.4, -0.2) is 33.1 Å². The summed E-state index contributed by atoms with van der Waals surface area (Å²) < 4.78 is 0. The highest BCUT2D eigenvalue weighted by atomic mass is 16.4. The van der Waals surface area contributed by atoms with Gasteiger partial charge in [0.05, 0.1) is 24.5 Å². The number of hydrogen-bond donors (Lipinski definition) is 4. The Morgan fingerprint density at radius 1 is 1.47 bits per heavy atom. The Balaban J connectivity index is 1.74. The molecule has 0 saturated heterocycles. The molecule has 7 heteroatoms. The van der Waals surface area contributed by atoms with E-state index in [1.54, 1.807) is 12.5 Å². The van der Waals surface area contributed by atoms with Crippen molar-refractivity contribution >= 4 is 12.0 Å². The lowest BCUT2D eigenvalue weighted by Crippen LogP contribution is -2.44. The first-order chi connectivity index (χ1) is 9.15. The van der Waals surface area contributed by atoms with E-state index in [2.05, 4.69) is 20.6 Å². The van der Waals surface area contributed by atoms with Gasteiger partial charge in [-0.25, -0.2) is 9.78 Å². The van der Waals surface area contributed by atoms with Crippen LogP contribution in [-0.2, 0) is 11.3 Å². The molecular weight excluding hydrogens is 248 g/mol. The van der Waals surface area contributed by atoms with Crippen LogP contribution in [0.2, 0.25) is 0 Å². The van der Waals surface area contributed by atoms with Gasteiger partial charge in [-0.1, -0.05) is 6.42 Å². The summed E-state index contributed by atoms with van der Waals surface area (Å²) in [7, 11) is 0. The van der Waals surface area contributed by atoms with Crippen molar-refractivity contribution in [2.24, 2.45) is 5.92 Å². The van der Waals surface area contributed by atoms with Gasteiger partial charge in [0.15, 0.2) is 0 Å². The zero-order valence-electron chi connectivity index (χ0n) is 10.6. The average Bonchev–Trinajstić information content (AvgIpc) is 2.90. The number of imidazole rings is 1. The highest BCUT2D eigenvalue weighted by Crippen LogP contribution is 2.24. The third kappa shape index (κ3) is 3.97. The zero-order chi connectivity index (χ0) is 13.7. The molecule has 0 radical (unpaired) electrons. The third-order valence-electron chi connectivity index (χ3n) is 3.35. The van der Waals surface area contributed by atoms with Crippen LogP contribution in [0.3, 0.4) is 0 Å². The standard InChI is InChI=1S/C12H18N4O3/c17-11(18)8-2-1-3-9(4-8)16-12(19)14-6-10-5-13-7-15-10/h5,7-9H,1-4,6H2,(H,13,15)(H,17,18)(H2,14,16,19). The lowest BCUT2D eigenvalue weighted by molar-refractivity contribution is -0.143. The van der Waals surface area contributed by atoms with Crippen LogP contribution in [0, 0.1) is 5.92 Å². The number of amides is 2. The molecule has 0 aliphatic heterocycles. The number of carbonyl (C=O) groups excluding carboxylic acids is 1. The van der Waals surface area contributed by atoms with Crippen LogP contribution in [0.1, 0.15) is 31.4 Å². The van der Waals surface area contributed by atoms with Crippen LogP contribution in [0.5, 0.6) is 0 Å². The Hall–Kier alpha value is -2.05. The van der Waals surface area contributed by atoms with Crippen LogP contribution >= 0.6 is 0 Å². The first kappa shape index (κ1) is 13.4. The fourth-order valence-electron chi connectivity index (χ4n) is 2.34. The molecule has 1 aliphatic rings. The van der Waals surface area contributed by atoms with Crippen molar-refractivity contribution in [3.8, 4) is 0 Å². The van der Waals surface area contributed by atoms with Crippen molar-refractivity contribution in [1.82, 2.24) is 20.6 Å². The number of carboxylic acid groups (broad SMARTS) is 1. The lowest BCUT2D eigenvalue weighted by Gasteiger charge is -2.27. The number of H-pyrrole nitrogens is 1. The van der Waals surface area contributed by atoms with Gasteiger partial charge in [0.25, 0.3) is 0 Å². The zero-order valence-corrected chi connectivity index (χ0v) is 10.6. The van der Waals surface area contributed by atoms with E-state index in [4.69, 9.17) is 5.11 Å². The minimum Gasteiger partial charge on any atom is -0.481 e. The van der Waals surface area contributed by atoms with Gasteiger partial charge < -0.3 is 20.7 Å². The van der Waals surface area contributed by atoms with Crippen LogP contribution in [0.25, 0.3) is 0 Å². The van der Waals surface area contributed by atoms with Crippen molar-refractivity contribution in [3.63, 3.8) is 0 Å². The number of carboxylic acids is 1. The first-order valence-electron chi connectivity index (χ1n) is 6.39. The van der Waals surface area contributed by atoms with Crippen molar-refractivity contribution in [1.29, 1.82) is 0 Å². The summed E-state index contributed by atoms with van der Waals surface area (Å²) in [6.07, 6.45) is 6.06. The maximum atomic E-state index is 11.7. The second kappa shape index (κ2) is 6.21. The van der Waals surface area contributed by atoms with E-state index in [0.29, 0.717) is 19.4 Å². The van der Waals surface area contributed by atoms with Crippen LogP contribution in [0.15, 0.2) is 12.5 Å². The van der Waals surface area contributed by atoms with Gasteiger partial charge in [-0.2, -0.15) is 0 Å². The molecule has 7 nitrogen and oxygen atoms in total. The van der Waals surface area contributed by atoms with Crippen molar-refractivity contribution < 1.29 is 14.7 Å². The average molecular weight is 266 g/mol. The molecule has 2 rings (SSSR count). The monoisotopic (exact) mass is 266 g/mol. The fraction of sp³-hybridized carbons (Fsp3) is 0.583. The van der Waals surface area contributed by atoms with E-state index >= 15 is 0 Å². The molecule has 1 fully saturated rings. The van der Waals surface area contributed by atoms with E-state index in [0.717, 1.165) is 18.5 Å². The number of aliphatic carboxylic acids is 1. The normalized spacial score (nSPS) is 22.7. The predicted molar refractivity (Wildman–Crippen MR) is 67.3 cm³/mol. The maximum Gasteiger partial charge on any atom is 0.315 e. The topological polar surface area (TPSA) is 107 Å². The van der Waals surface area contributed by atoms with E-state index in [1.165, 1.54) is 0 Å². The summed E-state index contributed by atoms with van der Waals surface area (Å²) in [6.45, 7) is 0.376. The smallest absolute Gasteiger partial charge is 0.315 e. The number of nitrogens with zero attached hydrogens (tertiary/aromatic N) is 1. The highest BCUT2D eigenvalue weighted by molar-refractivity contribution is 5.74. The summed E-state index contributed by atoms with van der Waals surface area (Å²) in [4.78, 5) is 29.3. The molecule has 0 spiro atoms. The van der Waals surface area contributed by atoms with Crippen molar-refractivity contribution in [2.45, 2.75) is 38.3 Å².